The SMILES string of the molecule is CN1CC(CNC(=O)CC(C)(C)C)OCC1=O. The highest BCUT2D eigenvalue weighted by atomic mass is 16.5. The van der Waals surface area contributed by atoms with Crippen LogP contribution in [-0.2, 0) is 14.3 Å². The van der Waals surface area contributed by atoms with E-state index in [0.717, 1.165) is 0 Å². The third kappa shape index (κ3) is 5.17. The molecule has 0 radical (unpaired) electrons. The average molecular weight is 242 g/mol. The summed E-state index contributed by atoms with van der Waals surface area (Å²) >= 11 is 0. The standard InChI is InChI=1S/C12H22N2O3/c1-12(2,3)5-10(15)13-6-9-7-14(4)11(16)8-17-9/h9H,5-8H2,1-4H3,(H,13,15). The molecule has 5 nitrogen and oxygen atoms in total. The summed E-state index contributed by atoms with van der Waals surface area (Å²) in [4.78, 5) is 24.4. The summed E-state index contributed by atoms with van der Waals surface area (Å²) in [6.45, 7) is 7.18. The van der Waals surface area contributed by atoms with Gasteiger partial charge in [-0.05, 0) is 5.41 Å². The average Bonchev–Trinajstić information content (AvgIpc) is 2.17. The topological polar surface area (TPSA) is 58.6 Å². The molecule has 1 atom stereocenters. The van der Waals surface area contributed by atoms with Crippen molar-refractivity contribution < 1.29 is 14.3 Å². The summed E-state index contributed by atoms with van der Waals surface area (Å²) in [6, 6.07) is 0. The third-order valence-corrected chi connectivity index (χ3v) is 2.56. The van der Waals surface area contributed by atoms with E-state index in [4.69, 9.17) is 4.74 Å². The van der Waals surface area contributed by atoms with Gasteiger partial charge in [-0.2, -0.15) is 0 Å². The first-order chi connectivity index (χ1) is 7.78. The summed E-state index contributed by atoms with van der Waals surface area (Å²) in [6.07, 6.45) is 0.399. The van der Waals surface area contributed by atoms with Gasteiger partial charge < -0.3 is 15.0 Å². The Morgan fingerprint density at radius 3 is 2.71 bits per heavy atom. The zero-order valence-corrected chi connectivity index (χ0v) is 11.1. The van der Waals surface area contributed by atoms with Crippen LogP contribution in [0.25, 0.3) is 0 Å². The highest BCUT2D eigenvalue weighted by molar-refractivity contribution is 5.78. The van der Waals surface area contributed by atoms with Crippen molar-refractivity contribution in [1.82, 2.24) is 10.2 Å². The molecule has 1 unspecified atom stereocenters. The van der Waals surface area contributed by atoms with Crippen LogP contribution in [0.5, 0.6) is 0 Å². The largest absolute Gasteiger partial charge is 0.365 e. The van der Waals surface area contributed by atoms with Gasteiger partial charge in [0.25, 0.3) is 0 Å². The Bertz CT molecular complexity index is 297. The molecule has 1 rings (SSSR count). The van der Waals surface area contributed by atoms with E-state index in [1.807, 2.05) is 20.8 Å². The van der Waals surface area contributed by atoms with Crippen molar-refractivity contribution in [1.29, 1.82) is 0 Å². The van der Waals surface area contributed by atoms with Crippen LogP contribution in [0.4, 0.5) is 0 Å². The van der Waals surface area contributed by atoms with E-state index < -0.39 is 0 Å². The summed E-state index contributed by atoms with van der Waals surface area (Å²) in [5, 5.41) is 2.84. The number of amides is 2. The molecule has 0 spiro atoms. The van der Waals surface area contributed by atoms with Crippen LogP contribution in [0.15, 0.2) is 0 Å². The molecule has 0 aromatic carbocycles. The minimum Gasteiger partial charge on any atom is -0.365 e. The first-order valence-corrected chi connectivity index (χ1v) is 5.90. The maximum Gasteiger partial charge on any atom is 0.248 e. The van der Waals surface area contributed by atoms with E-state index >= 15 is 0 Å². The summed E-state index contributed by atoms with van der Waals surface area (Å²) in [7, 11) is 1.74. The summed E-state index contributed by atoms with van der Waals surface area (Å²) in [5.74, 6) is 0.0166. The van der Waals surface area contributed by atoms with Crippen molar-refractivity contribution in [2.75, 3.05) is 26.7 Å². The molecule has 1 saturated heterocycles. The van der Waals surface area contributed by atoms with Gasteiger partial charge in [-0.1, -0.05) is 20.8 Å². The molecule has 5 heteroatoms. The number of hydrogen-bond donors (Lipinski definition) is 1. The quantitative estimate of drug-likeness (QED) is 0.779. The van der Waals surface area contributed by atoms with Gasteiger partial charge in [0, 0.05) is 26.6 Å². The number of likely N-dealkylation sites (N-methyl/N-ethyl adjacent to an activating group) is 1. The molecule has 1 N–H and O–H groups in total. The third-order valence-electron chi connectivity index (χ3n) is 2.56. The fourth-order valence-electron chi connectivity index (χ4n) is 1.65. The molecule has 2 amide bonds. The Balaban J connectivity index is 2.27. The van der Waals surface area contributed by atoms with Crippen molar-refractivity contribution >= 4 is 11.8 Å². The van der Waals surface area contributed by atoms with Crippen molar-refractivity contribution in [3.8, 4) is 0 Å². The van der Waals surface area contributed by atoms with Gasteiger partial charge in [0.2, 0.25) is 11.8 Å². The predicted molar refractivity (Wildman–Crippen MR) is 64.5 cm³/mol. The number of nitrogens with one attached hydrogen (secondary N) is 1. The Labute approximate surface area is 102 Å². The number of morpholine rings is 1. The second-order valence-corrected chi connectivity index (χ2v) is 5.75. The first-order valence-electron chi connectivity index (χ1n) is 5.90. The van der Waals surface area contributed by atoms with E-state index in [9.17, 15) is 9.59 Å². The number of carbonyl (C=O) groups is 2. The molecule has 0 saturated carbocycles. The molecule has 98 valence electrons. The lowest BCUT2D eigenvalue weighted by molar-refractivity contribution is -0.146. The van der Waals surface area contributed by atoms with Gasteiger partial charge in [-0.3, -0.25) is 9.59 Å². The second kappa shape index (κ2) is 5.49. The number of ether oxygens (including phenoxy) is 1. The normalized spacial score (nSPS) is 21.5. The van der Waals surface area contributed by atoms with Gasteiger partial charge in [0.1, 0.15) is 6.61 Å². The van der Waals surface area contributed by atoms with Crippen LogP contribution < -0.4 is 5.32 Å². The smallest absolute Gasteiger partial charge is 0.248 e. The number of carbonyl (C=O) groups excluding carboxylic acids is 2. The highest BCUT2D eigenvalue weighted by Gasteiger charge is 2.24. The number of rotatable bonds is 3. The lowest BCUT2D eigenvalue weighted by Gasteiger charge is -2.30. The monoisotopic (exact) mass is 242 g/mol. The first kappa shape index (κ1) is 14.0. The fraction of sp³-hybridized carbons (Fsp3) is 0.833. The van der Waals surface area contributed by atoms with Gasteiger partial charge in [0.15, 0.2) is 0 Å². The van der Waals surface area contributed by atoms with Crippen LogP contribution in [0.2, 0.25) is 0 Å². The number of nitrogens with zero attached hydrogens (tertiary/aromatic N) is 1. The van der Waals surface area contributed by atoms with Crippen LogP contribution in [0.1, 0.15) is 27.2 Å². The van der Waals surface area contributed by atoms with E-state index in [1.165, 1.54) is 0 Å². The van der Waals surface area contributed by atoms with Crippen molar-refractivity contribution in [3.05, 3.63) is 0 Å². The second-order valence-electron chi connectivity index (χ2n) is 5.75. The van der Waals surface area contributed by atoms with Crippen LogP contribution in [-0.4, -0.2) is 49.6 Å². The van der Waals surface area contributed by atoms with Crippen molar-refractivity contribution in [3.63, 3.8) is 0 Å². The molecule has 1 aliphatic rings. The van der Waals surface area contributed by atoms with Gasteiger partial charge in [0.05, 0.1) is 6.10 Å². The Kier molecular flexibility index (Phi) is 4.51. The molecule has 1 aliphatic heterocycles. The van der Waals surface area contributed by atoms with Gasteiger partial charge in [-0.15, -0.1) is 0 Å². The molecular weight excluding hydrogens is 220 g/mol. The minimum atomic E-state index is -0.0957. The maximum atomic E-state index is 11.6. The van der Waals surface area contributed by atoms with E-state index in [0.29, 0.717) is 19.5 Å². The van der Waals surface area contributed by atoms with E-state index in [-0.39, 0.29) is 29.9 Å². The van der Waals surface area contributed by atoms with Crippen molar-refractivity contribution in [2.45, 2.75) is 33.3 Å². The van der Waals surface area contributed by atoms with Gasteiger partial charge >= 0.3 is 0 Å². The molecule has 0 aromatic heterocycles. The Morgan fingerprint density at radius 2 is 2.18 bits per heavy atom. The molecule has 1 fully saturated rings. The van der Waals surface area contributed by atoms with Crippen LogP contribution in [0, 0.1) is 5.41 Å². The zero-order chi connectivity index (χ0) is 13.1. The van der Waals surface area contributed by atoms with Gasteiger partial charge in [-0.25, -0.2) is 0 Å². The zero-order valence-electron chi connectivity index (χ0n) is 11.1. The van der Waals surface area contributed by atoms with E-state index in [1.54, 1.807) is 11.9 Å². The molecule has 0 aliphatic carbocycles. The van der Waals surface area contributed by atoms with Crippen molar-refractivity contribution in [2.24, 2.45) is 5.41 Å². The Morgan fingerprint density at radius 1 is 1.53 bits per heavy atom. The Hall–Kier alpha value is -1.10. The lowest BCUT2D eigenvalue weighted by atomic mass is 9.92. The highest BCUT2D eigenvalue weighted by Crippen LogP contribution is 2.17. The minimum absolute atomic E-state index is 0.00966. The maximum absolute atomic E-state index is 11.6. The van der Waals surface area contributed by atoms with E-state index in [2.05, 4.69) is 5.32 Å². The molecule has 17 heavy (non-hydrogen) atoms. The molecule has 1 heterocycles. The summed E-state index contributed by atoms with van der Waals surface area (Å²) < 4.78 is 5.34. The lowest BCUT2D eigenvalue weighted by Crippen LogP contribution is -2.49. The van der Waals surface area contributed by atoms with Crippen LogP contribution >= 0.6 is 0 Å². The summed E-state index contributed by atoms with van der Waals surface area (Å²) in [5.41, 5.74) is -0.00966. The molecular formula is C12H22N2O3. The number of hydrogen-bond acceptors (Lipinski definition) is 3. The molecule has 0 aromatic rings. The van der Waals surface area contributed by atoms with Crippen LogP contribution in [0.3, 0.4) is 0 Å². The fourth-order valence-corrected chi connectivity index (χ4v) is 1.65. The molecule has 0 bridgehead atoms. The predicted octanol–water partition coefficient (Wildman–Crippen LogP) is 0.396.